The highest BCUT2D eigenvalue weighted by atomic mass is 16.2. The van der Waals surface area contributed by atoms with Crippen LogP contribution in [-0.4, -0.2) is 48.4 Å². The maximum absolute atomic E-state index is 12.0. The van der Waals surface area contributed by atoms with Gasteiger partial charge in [0.25, 0.3) is 0 Å². The van der Waals surface area contributed by atoms with Crippen LogP contribution in [0.5, 0.6) is 0 Å². The average Bonchev–Trinajstić information content (AvgIpc) is 2.64. The Kier molecular flexibility index (Phi) is 6.12. The predicted molar refractivity (Wildman–Crippen MR) is 71.2 cm³/mol. The van der Waals surface area contributed by atoms with Crippen molar-refractivity contribution in [3.05, 3.63) is 0 Å². The Balaban J connectivity index is 2.28. The molecule has 1 fully saturated rings. The van der Waals surface area contributed by atoms with Gasteiger partial charge in [0.05, 0.1) is 6.04 Å². The van der Waals surface area contributed by atoms with Crippen molar-refractivity contribution >= 4 is 11.8 Å². The van der Waals surface area contributed by atoms with E-state index >= 15 is 0 Å². The lowest BCUT2D eigenvalue weighted by molar-refractivity contribution is -0.130. The first kappa shape index (κ1) is 15.0. The molecule has 0 aliphatic carbocycles. The molecule has 2 N–H and O–H groups in total. The van der Waals surface area contributed by atoms with E-state index in [1.165, 1.54) is 0 Å². The second-order valence-electron chi connectivity index (χ2n) is 5.09. The molecule has 18 heavy (non-hydrogen) atoms. The monoisotopic (exact) mass is 255 g/mol. The highest BCUT2D eigenvalue weighted by Crippen LogP contribution is 2.11. The van der Waals surface area contributed by atoms with Crippen LogP contribution in [0.25, 0.3) is 0 Å². The van der Waals surface area contributed by atoms with Crippen LogP contribution in [0.4, 0.5) is 0 Å². The fourth-order valence-corrected chi connectivity index (χ4v) is 2.10. The first-order chi connectivity index (χ1) is 8.54. The highest BCUT2D eigenvalue weighted by Gasteiger charge is 2.30. The van der Waals surface area contributed by atoms with Gasteiger partial charge in [-0.05, 0) is 33.2 Å². The van der Waals surface area contributed by atoms with Gasteiger partial charge in [-0.15, -0.1) is 0 Å². The van der Waals surface area contributed by atoms with Crippen molar-refractivity contribution in [3.8, 4) is 0 Å². The molecule has 2 amide bonds. The highest BCUT2D eigenvalue weighted by molar-refractivity contribution is 5.84. The molecular formula is C13H25N3O2. The summed E-state index contributed by atoms with van der Waals surface area (Å²) in [5.74, 6) is 0.156. The third-order valence-corrected chi connectivity index (χ3v) is 3.00. The third-order valence-electron chi connectivity index (χ3n) is 3.00. The van der Waals surface area contributed by atoms with Gasteiger partial charge in [-0.1, -0.05) is 6.92 Å². The minimum atomic E-state index is -0.0434. The number of rotatable bonds is 7. The van der Waals surface area contributed by atoms with Gasteiger partial charge in [-0.2, -0.15) is 0 Å². The number of carbonyl (C=O) groups is 2. The molecule has 1 heterocycles. The second kappa shape index (κ2) is 7.36. The molecule has 1 rings (SSSR count). The Morgan fingerprint density at radius 3 is 2.83 bits per heavy atom. The standard InChI is InChI=1S/C13H25N3O2/c1-4-7-14-11-5-8-16(13(11)18)9-6-12(17)15-10(2)3/h10-11,14H,4-9H2,1-3H3,(H,15,17). The number of nitrogens with zero attached hydrogens (tertiary/aromatic N) is 1. The van der Waals surface area contributed by atoms with Gasteiger partial charge < -0.3 is 15.5 Å². The Bertz CT molecular complexity index is 292. The topological polar surface area (TPSA) is 61.4 Å². The van der Waals surface area contributed by atoms with Crippen molar-refractivity contribution in [1.29, 1.82) is 0 Å². The molecule has 1 atom stereocenters. The number of nitrogens with one attached hydrogen (secondary N) is 2. The SMILES string of the molecule is CCCNC1CCN(CCC(=O)NC(C)C)C1=O. The normalized spacial score (nSPS) is 19.7. The molecule has 0 aromatic heterocycles. The van der Waals surface area contributed by atoms with Crippen LogP contribution in [-0.2, 0) is 9.59 Å². The van der Waals surface area contributed by atoms with Gasteiger partial charge in [0.1, 0.15) is 0 Å². The minimum Gasteiger partial charge on any atom is -0.354 e. The van der Waals surface area contributed by atoms with Gasteiger partial charge in [0.15, 0.2) is 0 Å². The van der Waals surface area contributed by atoms with Crippen LogP contribution >= 0.6 is 0 Å². The van der Waals surface area contributed by atoms with E-state index in [1.54, 1.807) is 4.90 Å². The van der Waals surface area contributed by atoms with Gasteiger partial charge in [0, 0.05) is 25.6 Å². The summed E-state index contributed by atoms with van der Waals surface area (Å²) in [7, 11) is 0. The zero-order chi connectivity index (χ0) is 13.5. The molecule has 0 bridgehead atoms. The van der Waals surface area contributed by atoms with Gasteiger partial charge in [-0.25, -0.2) is 0 Å². The summed E-state index contributed by atoms with van der Waals surface area (Å²) in [4.78, 5) is 25.3. The zero-order valence-electron chi connectivity index (χ0n) is 11.7. The fourth-order valence-electron chi connectivity index (χ4n) is 2.10. The quantitative estimate of drug-likeness (QED) is 0.696. The van der Waals surface area contributed by atoms with Crippen LogP contribution in [0.2, 0.25) is 0 Å². The Hall–Kier alpha value is -1.10. The summed E-state index contributed by atoms with van der Waals surface area (Å²) >= 11 is 0. The minimum absolute atomic E-state index is 0.0165. The van der Waals surface area contributed by atoms with Crippen molar-refractivity contribution in [2.75, 3.05) is 19.6 Å². The number of likely N-dealkylation sites (tertiary alicyclic amines) is 1. The van der Waals surface area contributed by atoms with E-state index in [2.05, 4.69) is 17.6 Å². The third kappa shape index (κ3) is 4.64. The fraction of sp³-hybridized carbons (Fsp3) is 0.846. The second-order valence-corrected chi connectivity index (χ2v) is 5.09. The zero-order valence-corrected chi connectivity index (χ0v) is 11.7. The van der Waals surface area contributed by atoms with Crippen LogP contribution in [0.15, 0.2) is 0 Å². The van der Waals surface area contributed by atoms with Crippen molar-refractivity contribution in [2.45, 2.75) is 52.1 Å². The molecule has 5 heteroatoms. The largest absolute Gasteiger partial charge is 0.354 e. The van der Waals surface area contributed by atoms with Crippen molar-refractivity contribution in [2.24, 2.45) is 0 Å². The van der Waals surface area contributed by atoms with Crippen LogP contribution in [0.1, 0.15) is 40.0 Å². The van der Waals surface area contributed by atoms with E-state index in [-0.39, 0.29) is 23.9 Å². The molecule has 0 spiro atoms. The molecule has 1 saturated heterocycles. The molecule has 0 aromatic rings. The van der Waals surface area contributed by atoms with Crippen molar-refractivity contribution in [3.63, 3.8) is 0 Å². The lowest BCUT2D eigenvalue weighted by Crippen LogP contribution is -2.40. The summed E-state index contributed by atoms with van der Waals surface area (Å²) in [5, 5.41) is 6.07. The smallest absolute Gasteiger partial charge is 0.239 e. The number of hydrogen-bond acceptors (Lipinski definition) is 3. The molecule has 0 aromatic carbocycles. The maximum atomic E-state index is 12.0. The maximum Gasteiger partial charge on any atom is 0.239 e. The molecule has 104 valence electrons. The van der Waals surface area contributed by atoms with Crippen LogP contribution in [0.3, 0.4) is 0 Å². The molecule has 5 nitrogen and oxygen atoms in total. The van der Waals surface area contributed by atoms with Gasteiger partial charge in [-0.3, -0.25) is 9.59 Å². The lowest BCUT2D eigenvalue weighted by atomic mass is 10.2. The lowest BCUT2D eigenvalue weighted by Gasteiger charge is -2.17. The molecule has 1 aliphatic rings. The van der Waals surface area contributed by atoms with E-state index in [4.69, 9.17) is 0 Å². The van der Waals surface area contributed by atoms with Crippen LogP contribution < -0.4 is 10.6 Å². The van der Waals surface area contributed by atoms with E-state index < -0.39 is 0 Å². The van der Waals surface area contributed by atoms with E-state index in [0.717, 1.165) is 25.9 Å². The Morgan fingerprint density at radius 2 is 2.22 bits per heavy atom. The number of carbonyl (C=O) groups excluding carboxylic acids is 2. The van der Waals surface area contributed by atoms with E-state index in [9.17, 15) is 9.59 Å². The molecule has 0 radical (unpaired) electrons. The van der Waals surface area contributed by atoms with Gasteiger partial charge in [0.2, 0.25) is 11.8 Å². The number of amides is 2. The molecular weight excluding hydrogens is 230 g/mol. The molecule has 1 aliphatic heterocycles. The summed E-state index contributed by atoms with van der Waals surface area (Å²) in [6.45, 7) is 8.11. The van der Waals surface area contributed by atoms with Crippen molar-refractivity contribution in [1.82, 2.24) is 15.5 Å². The summed E-state index contributed by atoms with van der Waals surface area (Å²) in [5.41, 5.74) is 0. The van der Waals surface area contributed by atoms with Crippen molar-refractivity contribution < 1.29 is 9.59 Å². The molecule has 1 unspecified atom stereocenters. The molecule has 0 saturated carbocycles. The van der Waals surface area contributed by atoms with E-state index in [0.29, 0.717) is 13.0 Å². The van der Waals surface area contributed by atoms with E-state index in [1.807, 2.05) is 13.8 Å². The van der Waals surface area contributed by atoms with Gasteiger partial charge >= 0.3 is 0 Å². The summed E-state index contributed by atoms with van der Waals surface area (Å²) in [6.07, 6.45) is 2.27. The number of hydrogen-bond donors (Lipinski definition) is 2. The first-order valence-electron chi connectivity index (χ1n) is 6.86. The predicted octanol–water partition coefficient (Wildman–Crippen LogP) is 0.502. The first-order valence-corrected chi connectivity index (χ1v) is 6.86. The van der Waals surface area contributed by atoms with Crippen LogP contribution in [0, 0.1) is 0 Å². The Labute approximate surface area is 109 Å². The Morgan fingerprint density at radius 1 is 1.50 bits per heavy atom. The summed E-state index contributed by atoms with van der Waals surface area (Å²) < 4.78 is 0. The summed E-state index contributed by atoms with van der Waals surface area (Å²) in [6, 6.07) is 0.115. The average molecular weight is 255 g/mol.